The zero-order valence-electron chi connectivity index (χ0n) is 17.7. The van der Waals surface area contributed by atoms with Crippen molar-refractivity contribution in [1.29, 1.82) is 0 Å². The molecule has 1 aromatic rings. The van der Waals surface area contributed by atoms with Gasteiger partial charge in [0.15, 0.2) is 0 Å². The summed E-state index contributed by atoms with van der Waals surface area (Å²) < 4.78 is 5.01. The number of ether oxygens (including phenoxy) is 1. The summed E-state index contributed by atoms with van der Waals surface area (Å²) in [7, 11) is 0. The number of rotatable bonds is 8. The van der Waals surface area contributed by atoms with Gasteiger partial charge in [-0.1, -0.05) is 26.3 Å². The van der Waals surface area contributed by atoms with E-state index in [1.54, 1.807) is 36.1 Å². The van der Waals surface area contributed by atoms with E-state index in [0.717, 1.165) is 19.3 Å². The van der Waals surface area contributed by atoms with Crippen molar-refractivity contribution in [2.24, 2.45) is 11.8 Å². The number of nitrogens with zero attached hydrogens (tertiary/aromatic N) is 1. The molecule has 3 amide bonds. The first-order chi connectivity index (χ1) is 14.0. The second-order valence-corrected chi connectivity index (χ2v) is 7.45. The van der Waals surface area contributed by atoms with E-state index < -0.39 is 5.97 Å². The number of piperidine rings is 1. The lowest BCUT2D eigenvalue weighted by Crippen LogP contribution is -2.46. The van der Waals surface area contributed by atoms with Crippen LogP contribution in [0.3, 0.4) is 0 Å². The molecule has 7 heteroatoms. The van der Waals surface area contributed by atoms with E-state index in [9.17, 15) is 14.4 Å². The van der Waals surface area contributed by atoms with E-state index in [-0.39, 0.29) is 11.9 Å². The Balaban J connectivity index is 1.93. The molecular formula is C22H33N3O4. The molecule has 1 aliphatic rings. The fourth-order valence-electron chi connectivity index (χ4n) is 3.71. The lowest BCUT2D eigenvalue weighted by molar-refractivity contribution is -0.122. The van der Waals surface area contributed by atoms with Gasteiger partial charge in [0.05, 0.1) is 12.2 Å². The highest BCUT2D eigenvalue weighted by Crippen LogP contribution is 2.29. The smallest absolute Gasteiger partial charge is 0.338 e. The third-order valence-electron chi connectivity index (χ3n) is 5.35. The second-order valence-electron chi connectivity index (χ2n) is 7.45. The summed E-state index contributed by atoms with van der Waals surface area (Å²) in [4.78, 5) is 38.5. The number of likely N-dealkylation sites (tertiary alicyclic amines) is 1. The van der Waals surface area contributed by atoms with Crippen LogP contribution in [-0.2, 0) is 9.53 Å². The van der Waals surface area contributed by atoms with Crippen LogP contribution >= 0.6 is 0 Å². The largest absolute Gasteiger partial charge is 0.462 e. The molecule has 0 radical (unpaired) electrons. The van der Waals surface area contributed by atoms with E-state index >= 15 is 0 Å². The topological polar surface area (TPSA) is 87.7 Å². The van der Waals surface area contributed by atoms with Crippen molar-refractivity contribution in [3.63, 3.8) is 0 Å². The molecule has 2 atom stereocenters. The van der Waals surface area contributed by atoms with Crippen LogP contribution in [0.4, 0.5) is 10.5 Å². The molecule has 2 rings (SSSR count). The van der Waals surface area contributed by atoms with Crippen LogP contribution in [0, 0.1) is 11.8 Å². The molecule has 0 aromatic heterocycles. The van der Waals surface area contributed by atoms with Crippen molar-refractivity contribution in [3.8, 4) is 0 Å². The Kier molecular flexibility index (Phi) is 8.96. The quantitative estimate of drug-likeness (QED) is 0.649. The number of carbonyl (C=O) groups excluding carboxylic acids is 3. The molecule has 1 aromatic carbocycles. The molecule has 160 valence electrons. The van der Waals surface area contributed by atoms with Crippen LogP contribution in [0.1, 0.15) is 56.8 Å². The Bertz CT molecular complexity index is 707. The predicted octanol–water partition coefficient (Wildman–Crippen LogP) is 3.66. The Hall–Kier alpha value is -2.57. The van der Waals surface area contributed by atoms with Crippen LogP contribution < -0.4 is 10.6 Å². The number of amides is 3. The minimum atomic E-state index is -0.406. The first-order valence-electron chi connectivity index (χ1n) is 10.6. The summed E-state index contributed by atoms with van der Waals surface area (Å²) in [5.74, 6) is 0.293. The normalized spacial score (nSPS) is 18.8. The predicted molar refractivity (Wildman–Crippen MR) is 113 cm³/mol. The van der Waals surface area contributed by atoms with Crippen LogP contribution in [0.5, 0.6) is 0 Å². The van der Waals surface area contributed by atoms with Crippen LogP contribution in [-0.4, -0.2) is 49.0 Å². The van der Waals surface area contributed by atoms with Gasteiger partial charge < -0.3 is 20.3 Å². The maximum Gasteiger partial charge on any atom is 0.338 e. The van der Waals surface area contributed by atoms with Crippen LogP contribution in [0.25, 0.3) is 0 Å². The number of carbonyl (C=O) groups is 3. The van der Waals surface area contributed by atoms with E-state index in [1.165, 1.54) is 0 Å². The zero-order chi connectivity index (χ0) is 21.2. The van der Waals surface area contributed by atoms with Gasteiger partial charge in [0.25, 0.3) is 0 Å². The third-order valence-corrected chi connectivity index (χ3v) is 5.35. The second kappa shape index (κ2) is 11.4. The number of hydrogen-bond donors (Lipinski definition) is 2. The fraction of sp³-hybridized carbons (Fsp3) is 0.591. The first-order valence-corrected chi connectivity index (χ1v) is 10.6. The Morgan fingerprint density at radius 1 is 1.17 bits per heavy atom. The molecule has 1 heterocycles. The van der Waals surface area contributed by atoms with Gasteiger partial charge in [0, 0.05) is 31.7 Å². The highest BCUT2D eigenvalue weighted by Gasteiger charge is 2.31. The number of esters is 1. The van der Waals surface area contributed by atoms with Gasteiger partial charge in [-0.05, 0) is 49.8 Å². The lowest BCUT2D eigenvalue weighted by Gasteiger charge is -2.38. The number of nitrogens with one attached hydrogen (secondary N) is 2. The maximum absolute atomic E-state index is 12.7. The summed E-state index contributed by atoms with van der Waals surface area (Å²) in [6.07, 6.45) is 3.19. The summed E-state index contributed by atoms with van der Waals surface area (Å²) in [6, 6.07) is 6.58. The lowest BCUT2D eigenvalue weighted by atomic mass is 9.81. The summed E-state index contributed by atoms with van der Waals surface area (Å²) >= 11 is 0. The third kappa shape index (κ3) is 6.76. The van der Waals surface area contributed by atoms with Crippen molar-refractivity contribution in [3.05, 3.63) is 29.8 Å². The monoisotopic (exact) mass is 403 g/mol. The van der Waals surface area contributed by atoms with Crippen molar-refractivity contribution in [2.45, 2.75) is 46.5 Å². The molecule has 1 saturated heterocycles. The standard InChI is InChI=1S/C22H33N3O4/c1-4-11-23-20(26)14-17-10-12-25(15-16(17)5-2)22(28)24-19-9-7-8-18(13-19)21(27)29-6-3/h7-9,13,16-17H,4-6,10-12,14-15H2,1-3H3,(H,23,26)(H,24,28)/t16-,17+/m0/s1. The van der Waals surface area contributed by atoms with E-state index in [0.29, 0.717) is 55.7 Å². The molecule has 29 heavy (non-hydrogen) atoms. The zero-order valence-corrected chi connectivity index (χ0v) is 17.7. The Morgan fingerprint density at radius 3 is 2.66 bits per heavy atom. The fourth-order valence-corrected chi connectivity index (χ4v) is 3.71. The minimum Gasteiger partial charge on any atom is -0.462 e. The molecule has 0 saturated carbocycles. The number of hydrogen-bond acceptors (Lipinski definition) is 4. The molecular weight excluding hydrogens is 370 g/mol. The van der Waals surface area contributed by atoms with Gasteiger partial charge in [-0.2, -0.15) is 0 Å². The molecule has 0 unspecified atom stereocenters. The number of benzene rings is 1. The molecule has 2 N–H and O–H groups in total. The van der Waals surface area contributed by atoms with Crippen LogP contribution in [0.2, 0.25) is 0 Å². The molecule has 0 spiro atoms. The molecule has 1 aliphatic heterocycles. The van der Waals surface area contributed by atoms with E-state index in [1.807, 2.05) is 6.92 Å². The van der Waals surface area contributed by atoms with E-state index in [2.05, 4.69) is 17.6 Å². The highest BCUT2D eigenvalue weighted by atomic mass is 16.5. The molecule has 0 aliphatic carbocycles. The van der Waals surface area contributed by atoms with Gasteiger partial charge in [0.2, 0.25) is 5.91 Å². The minimum absolute atomic E-state index is 0.101. The summed E-state index contributed by atoms with van der Waals surface area (Å²) in [6.45, 7) is 8.16. The summed E-state index contributed by atoms with van der Waals surface area (Å²) in [5.41, 5.74) is 0.975. The van der Waals surface area contributed by atoms with E-state index in [4.69, 9.17) is 4.74 Å². The van der Waals surface area contributed by atoms with Crippen molar-refractivity contribution in [1.82, 2.24) is 10.2 Å². The van der Waals surface area contributed by atoms with Gasteiger partial charge in [-0.15, -0.1) is 0 Å². The number of anilines is 1. The SMILES string of the molecule is CCCNC(=O)C[C@H]1CCN(C(=O)Nc2cccc(C(=O)OCC)c2)C[C@@H]1CC. The maximum atomic E-state index is 12.7. The first kappa shape index (κ1) is 22.7. The highest BCUT2D eigenvalue weighted by molar-refractivity contribution is 5.94. The number of urea groups is 1. The van der Waals surface area contributed by atoms with Gasteiger partial charge in [-0.3, -0.25) is 4.79 Å². The molecule has 1 fully saturated rings. The average Bonchev–Trinajstić information content (AvgIpc) is 2.72. The molecule has 0 bridgehead atoms. The van der Waals surface area contributed by atoms with Crippen LogP contribution in [0.15, 0.2) is 24.3 Å². The van der Waals surface area contributed by atoms with Crippen molar-refractivity contribution < 1.29 is 19.1 Å². The van der Waals surface area contributed by atoms with Gasteiger partial charge in [0.1, 0.15) is 0 Å². The molecule has 7 nitrogen and oxygen atoms in total. The average molecular weight is 404 g/mol. The van der Waals surface area contributed by atoms with Gasteiger partial charge >= 0.3 is 12.0 Å². The Morgan fingerprint density at radius 2 is 1.97 bits per heavy atom. The van der Waals surface area contributed by atoms with Gasteiger partial charge in [-0.25, -0.2) is 9.59 Å². The Labute approximate surface area is 173 Å². The van der Waals surface area contributed by atoms with Crippen molar-refractivity contribution in [2.75, 3.05) is 31.6 Å². The van der Waals surface area contributed by atoms with Crippen molar-refractivity contribution >= 4 is 23.6 Å². The summed E-state index contributed by atoms with van der Waals surface area (Å²) in [5, 5.41) is 5.82.